The fourth-order valence-corrected chi connectivity index (χ4v) is 2.98. The summed E-state index contributed by atoms with van der Waals surface area (Å²) < 4.78 is 0. The summed E-state index contributed by atoms with van der Waals surface area (Å²) in [6.07, 6.45) is 6.78. The minimum absolute atomic E-state index is 0.735. The number of rotatable bonds is 7. The number of nitrogens with zero attached hydrogens (tertiary/aromatic N) is 1. The van der Waals surface area contributed by atoms with Crippen LogP contribution < -0.4 is 5.73 Å². The molecule has 0 aromatic rings. The molecule has 1 aliphatic heterocycles. The van der Waals surface area contributed by atoms with Gasteiger partial charge in [-0.2, -0.15) is 0 Å². The molecule has 1 atom stereocenters. The molecule has 0 bridgehead atoms. The van der Waals surface area contributed by atoms with Gasteiger partial charge < -0.3 is 10.6 Å². The van der Waals surface area contributed by atoms with E-state index in [1.54, 1.807) is 0 Å². The highest BCUT2D eigenvalue weighted by atomic mass is 15.1. The lowest BCUT2D eigenvalue weighted by Crippen LogP contribution is -2.35. The molecule has 1 heterocycles. The van der Waals surface area contributed by atoms with E-state index >= 15 is 0 Å². The molecule has 2 nitrogen and oxygen atoms in total. The van der Waals surface area contributed by atoms with Crippen molar-refractivity contribution in [2.75, 3.05) is 26.2 Å². The van der Waals surface area contributed by atoms with Gasteiger partial charge in [-0.25, -0.2) is 0 Å². The fourth-order valence-electron chi connectivity index (χ4n) is 2.98. The second-order valence-corrected chi connectivity index (χ2v) is 6.21. The van der Waals surface area contributed by atoms with E-state index in [1.165, 1.54) is 51.7 Å². The number of hydrogen-bond acceptors (Lipinski definition) is 2. The highest BCUT2D eigenvalue weighted by Gasteiger charge is 2.18. The summed E-state index contributed by atoms with van der Waals surface area (Å²) in [4.78, 5) is 2.65. The first-order valence-electron chi connectivity index (χ1n) is 7.58. The minimum atomic E-state index is 0.735. The second-order valence-electron chi connectivity index (χ2n) is 6.21. The molecule has 0 aromatic carbocycles. The molecular weight excluding hydrogens is 208 g/mol. The Labute approximate surface area is 108 Å². The Morgan fingerprint density at radius 2 is 1.88 bits per heavy atom. The van der Waals surface area contributed by atoms with Crippen LogP contribution in [0.4, 0.5) is 0 Å². The van der Waals surface area contributed by atoms with Crippen LogP contribution in [0.5, 0.6) is 0 Å². The van der Waals surface area contributed by atoms with Crippen LogP contribution in [0.1, 0.15) is 52.9 Å². The molecule has 1 saturated heterocycles. The highest BCUT2D eigenvalue weighted by Crippen LogP contribution is 2.21. The van der Waals surface area contributed by atoms with Crippen molar-refractivity contribution in [3.05, 3.63) is 0 Å². The zero-order valence-corrected chi connectivity index (χ0v) is 12.1. The van der Waals surface area contributed by atoms with E-state index in [-0.39, 0.29) is 0 Å². The Hall–Kier alpha value is -0.0800. The molecular formula is C15H32N2. The number of piperidine rings is 1. The minimum Gasteiger partial charge on any atom is -0.330 e. The molecule has 1 aliphatic rings. The van der Waals surface area contributed by atoms with Gasteiger partial charge in [0, 0.05) is 0 Å². The lowest BCUT2D eigenvalue weighted by molar-refractivity contribution is 0.169. The molecule has 2 N–H and O–H groups in total. The summed E-state index contributed by atoms with van der Waals surface area (Å²) in [5.74, 6) is 2.51. The zero-order valence-electron chi connectivity index (χ0n) is 12.1. The molecule has 0 spiro atoms. The third-order valence-electron chi connectivity index (χ3n) is 4.28. The SMILES string of the molecule is CCC1CCN(CCC(CN)CC(C)C)CC1. The normalized spacial score (nSPS) is 21.0. The van der Waals surface area contributed by atoms with Gasteiger partial charge in [-0.1, -0.05) is 27.2 Å². The third-order valence-corrected chi connectivity index (χ3v) is 4.28. The lowest BCUT2D eigenvalue weighted by Gasteiger charge is -2.32. The number of nitrogens with two attached hydrogens (primary N) is 1. The van der Waals surface area contributed by atoms with Crippen molar-refractivity contribution >= 4 is 0 Å². The van der Waals surface area contributed by atoms with Gasteiger partial charge >= 0.3 is 0 Å². The van der Waals surface area contributed by atoms with Crippen molar-refractivity contribution in [2.45, 2.75) is 52.9 Å². The molecule has 1 unspecified atom stereocenters. The maximum absolute atomic E-state index is 5.86. The molecule has 1 fully saturated rings. The van der Waals surface area contributed by atoms with E-state index in [0.29, 0.717) is 0 Å². The molecule has 0 aromatic heterocycles. The van der Waals surface area contributed by atoms with Gasteiger partial charge in [0.15, 0.2) is 0 Å². The summed E-state index contributed by atoms with van der Waals surface area (Å²) >= 11 is 0. The van der Waals surface area contributed by atoms with Crippen LogP contribution in [0.3, 0.4) is 0 Å². The molecule has 0 saturated carbocycles. The third kappa shape index (κ3) is 5.87. The average molecular weight is 240 g/mol. The van der Waals surface area contributed by atoms with Crippen LogP contribution in [0.25, 0.3) is 0 Å². The molecule has 17 heavy (non-hydrogen) atoms. The summed E-state index contributed by atoms with van der Waals surface area (Å²) in [6.45, 7) is 11.7. The van der Waals surface area contributed by atoms with Crippen molar-refractivity contribution in [3.63, 3.8) is 0 Å². The highest BCUT2D eigenvalue weighted by molar-refractivity contribution is 4.73. The van der Waals surface area contributed by atoms with E-state index in [4.69, 9.17) is 5.73 Å². The molecule has 1 rings (SSSR count). The topological polar surface area (TPSA) is 29.3 Å². The smallest absolute Gasteiger partial charge is 0.00156 e. The lowest BCUT2D eigenvalue weighted by atomic mass is 9.92. The molecule has 0 radical (unpaired) electrons. The zero-order chi connectivity index (χ0) is 12.7. The van der Waals surface area contributed by atoms with Crippen molar-refractivity contribution in [1.82, 2.24) is 4.90 Å². The van der Waals surface area contributed by atoms with E-state index in [9.17, 15) is 0 Å². The van der Waals surface area contributed by atoms with Crippen LogP contribution >= 0.6 is 0 Å². The maximum Gasteiger partial charge on any atom is -0.00156 e. The Bertz CT molecular complexity index is 183. The number of likely N-dealkylation sites (tertiary alicyclic amines) is 1. The van der Waals surface area contributed by atoms with Crippen LogP contribution in [0, 0.1) is 17.8 Å². The monoisotopic (exact) mass is 240 g/mol. The van der Waals surface area contributed by atoms with Crippen molar-refractivity contribution in [3.8, 4) is 0 Å². The van der Waals surface area contributed by atoms with Gasteiger partial charge in [0.1, 0.15) is 0 Å². The van der Waals surface area contributed by atoms with Crippen LogP contribution in [0.15, 0.2) is 0 Å². The first-order chi connectivity index (χ1) is 8.15. The first-order valence-corrected chi connectivity index (χ1v) is 7.58. The van der Waals surface area contributed by atoms with E-state index in [1.807, 2.05) is 0 Å². The van der Waals surface area contributed by atoms with Crippen LogP contribution in [-0.4, -0.2) is 31.1 Å². The van der Waals surface area contributed by atoms with Crippen LogP contribution in [-0.2, 0) is 0 Å². The maximum atomic E-state index is 5.86. The van der Waals surface area contributed by atoms with Crippen molar-refractivity contribution < 1.29 is 0 Å². The van der Waals surface area contributed by atoms with Crippen LogP contribution in [0.2, 0.25) is 0 Å². The molecule has 2 heteroatoms. The molecule has 102 valence electrons. The van der Waals surface area contributed by atoms with Gasteiger partial charge in [-0.05, 0) is 69.6 Å². The van der Waals surface area contributed by atoms with E-state index < -0.39 is 0 Å². The Balaban J connectivity index is 2.17. The fraction of sp³-hybridized carbons (Fsp3) is 1.00. The summed E-state index contributed by atoms with van der Waals surface area (Å²) in [5, 5.41) is 0. The van der Waals surface area contributed by atoms with E-state index in [2.05, 4.69) is 25.7 Å². The van der Waals surface area contributed by atoms with Gasteiger partial charge in [0.05, 0.1) is 0 Å². The standard InChI is InChI=1S/C15H32N2/c1-4-14-5-8-17(9-6-14)10-7-15(12-16)11-13(2)3/h13-15H,4-12,16H2,1-3H3. The summed E-state index contributed by atoms with van der Waals surface area (Å²) in [7, 11) is 0. The predicted octanol–water partition coefficient (Wildman–Crippen LogP) is 3.12. The average Bonchev–Trinajstić information content (AvgIpc) is 2.34. The van der Waals surface area contributed by atoms with Crippen molar-refractivity contribution in [2.24, 2.45) is 23.5 Å². The largest absolute Gasteiger partial charge is 0.330 e. The van der Waals surface area contributed by atoms with Gasteiger partial charge in [-0.15, -0.1) is 0 Å². The van der Waals surface area contributed by atoms with E-state index in [0.717, 1.165) is 24.3 Å². The van der Waals surface area contributed by atoms with Gasteiger partial charge in [-0.3, -0.25) is 0 Å². The second kappa shape index (κ2) is 8.10. The van der Waals surface area contributed by atoms with Gasteiger partial charge in [0.25, 0.3) is 0 Å². The Kier molecular flexibility index (Phi) is 7.14. The van der Waals surface area contributed by atoms with Crippen molar-refractivity contribution in [1.29, 1.82) is 0 Å². The number of hydrogen-bond donors (Lipinski definition) is 1. The summed E-state index contributed by atoms with van der Waals surface area (Å²) in [5.41, 5.74) is 5.86. The molecule has 0 amide bonds. The van der Waals surface area contributed by atoms with Gasteiger partial charge in [0.2, 0.25) is 0 Å². The summed E-state index contributed by atoms with van der Waals surface area (Å²) in [6, 6.07) is 0. The Morgan fingerprint density at radius 3 is 2.35 bits per heavy atom. The quantitative estimate of drug-likeness (QED) is 0.741. The predicted molar refractivity (Wildman–Crippen MR) is 76.1 cm³/mol. The Morgan fingerprint density at radius 1 is 1.24 bits per heavy atom. The first kappa shape index (κ1) is 15.0. The molecule has 0 aliphatic carbocycles.